The molecule has 1 heterocycles. The van der Waals surface area contributed by atoms with E-state index >= 15 is 0 Å². The number of likely N-dealkylation sites (N-methyl/N-ethyl adjacent to an activating group) is 2. The first kappa shape index (κ1) is 18.9. The SMILES string of the molecule is CCNC(=NCC1CN(C)CCN1C)NC1CCC(SCC)C1. The van der Waals surface area contributed by atoms with Crippen LogP contribution >= 0.6 is 11.8 Å². The van der Waals surface area contributed by atoms with E-state index in [1.165, 1.54) is 25.0 Å². The highest BCUT2D eigenvalue weighted by Gasteiger charge is 2.26. The van der Waals surface area contributed by atoms with Crippen LogP contribution < -0.4 is 10.6 Å². The van der Waals surface area contributed by atoms with Crippen molar-refractivity contribution in [2.24, 2.45) is 4.99 Å². The molecule has 2 aliphatic rings. The minimum Gasteiger partial charge on any atom is -0.357 e. The second kappa shape index (κ2) is 9.74. The lowest BCUT2D eigenvalue weighted by Gasteiger charge is -2.37. The van der Waals surface area contributed by atoms with E-state index in [1.807, 2.05) is 0 Å². The molecule has 0 aromatic heterocycles. The van der Waals surface area contributed by atoms with Crippen molar-refractivity contribution >= 4 is 17.7 Å². The molecule has 1 aliphatic carbocycles. The molecule has 0 radical (unpaired) electrons. The molecule has 1 saturated carbocycles. The van der Waals surface area contributed by atoms with Crippen molar-refractivity contribution in [3.63, 3.8) is 0 Å². The lowest BCUT2D eigenvalue weighted by molar-refractivity contribution is 0.119. The van der Waals surface area contributed by atoms with Gasteiger partial charge in [0.1, 0.15) is 0 Å². The molecular weight excluding hydrogens is 306 g/mol. The van der Waals surface area contributed by atoms with E-state index in [2.05, 4.69) is 60.1 Å². The second-order valence-electron chi connectivity index (χ2n) is 6.85. The fourth-order valence-corrected chi connectivity index (χ4v) is 4.61. The Morgan fingerprint density at radius 3 is 2.78 bits per heavy atom. The zero-order chi connectivity index (χ0) is 16.7. The van der Waals surface area contributed by atoms with Gasteiger partial charge in [-0.25, -0.2) is 0 Å². The Labute approximate surface area is 146 Å². The molecule has 1 saturated heterocycles. The molecule has 134 valence electrons. The summed E-state index contributed by atoms with van der Waals surface area (Å²) >= 11 is 2.11. The minimum atomic E-state index is 0.524. The van der Waals surface area contributed by atoms with Gasteiger partial charge in [-0.15, -0.1) is 0 Å². The van der Waals surface area contributed by atoms with Gasteiger partial charge in [0.2, 0.25) is 0 Å². The van der Waals surface area contributed by atoms with Crippen molar-refractivity contribution in [3.8, 4) is 0 Å². The van der Waals surface area contributed by atoms with Crippen LogP contribution in [0, 0.1) is 0 Å². The molecule has 2 fully saturated rings. The quantitative estimate of drug-likeness (QED) is 0.566. The maximum absolute atomic E-state index is 4.88. The van der Waals surface area contributed by atoms with Gasteiger partial charge in [-0.05, 0) is 46.0 Å². The number of hydrogen-bond acceptors (Lipinski definition) is 4. The fraction of sp³-hybridized carbons (Fsp3) is 0.941. The van der Waals surface area contributed by atoms with Crippen LogP contribution in [0.2, 0.25) is 0 Å². The van der Waals surface area contributed by atoms with Gasteiger partial charge in [-0.1, -0.05) is 6.92 Å². The Kier molecular flexibility index (Phi) is 7.99. The highest BCUT2D eigenvalue weighted by atomic mass is 32.2. The number of nitrogens with zero attached hydrogens (tertiary/aromatic N) is 3. The predicted molar refractivity (Wildman–Crippen MR) is 103 cm³/mol. The first-order valence-electron chi connectivity index (χ1n) is 9.17. The van der Waals surface area contributed by atoms with Gasteiger partial charge >= 0.3 is 0 Å². The molecule has 23 heavy (non-hydrogen) atoms. The van der Waals surface area contributed by atoms with Crippen LogP contribution in [0.4, 0.5) is 0 Å². The number of thioether (sulfide) groups is 1. The Balaban J connectivity index is 1.84. The van der Waals surface area contributed by atoms with Crippen molar-refractivity contribution in [3.05, 3.63) is 0 Å². The summed E-state index contributed by atoms with van der Waals surface area (Å²) in [6, 6.07) is 1.11. The third kappa shape index (κ3) is 6.16. The van der Waals surface area contributed by atoms with E-state index in [-0.39, 0.29) is 0 Å². The van der Waals surface area contributed by atoms with Crippen molar-refractivity contribution in [2.75, 3.05) is 52.6 Å². The first-order chi connectivity index (χ1) is 11.1. The number of guanidine groups is 1. The third-order valence-electron chi connectivity index (χ3n) is 4.91. The third-order valence-corrected chi connectivity index (χ3v) is 6.15. The van der Waals surface area contributed by atoms with E-state index < -0.39 is 0 Å². The number of piperazine rings is 1. The van der Waals surface area contributed by atoms with E-state index in [4.69, 9.17) is 4.99 Å². The minimum absolute atomic E-state index is 0.524. The molecule has 0 aromatic rings. The second-order valence-corrected chi connectivity index (χ2v) is 8.43. The molecule has 2 N–H and O–H groups in total. The Hall–Kier alpha value is -0.460. The molecule has 0 bridgehead atoms. The summed E-state index contributed by atoms with van der Waals surface area (Å²) in [6.45, 7) is 9.60. The molecule has 0 amide bonds. The number of rotatable bonds is 6. The molecule has 6 heteroatoms. The number of aliphatic imine (C=N–C) groups is 1. The Morgan fingerprint density at radius 1 is 1.22 bits per heavy atom. The smallest absolute Gasteiger partial charge is 0.191 e. The van der Waals surface area contributed by atoms with Crippen molar-refractivity contribution in [1.29, 1.82) is 0 Å². The van der Waals surface area contributed by atoms with E-state index in [1.54, 1.807) is 0 Å². The van der Waals surface area contributed by atoms with Crippen molar-refractivity contribution < 1.29 is 0 Å². The Morgan fingerprint density at radius 2 is 2.04 bits per heavy atom. The van der Waals surface area contributed by atoms with Gasteiger partial charge in [0.05, 0.1) is 6.54 Å². The average molecular weight is 342 g/mol. The zero-order valence-corrected chi connectivity index (χ0v) is 16.2. The standard InChI is InChI=1S/C17H35N5S/c1-5-18-17(20-14-7-8-16(11-14)23-6-2)19-12-15-13-21(3)9-10-22(15)4/h14-16H,5-13H2,1-4H3,(H2,18,19,20). The summed E-state index contributed by atoms with van der Waals surface area (Å²) in [7, 11) is 4.42. The van der Waals surface area contributed by atoms with Crippen LogP contribution in [0.25, 0.3) is 0 Å². The summed E-state index contributed by atoms with van der Waals surface area (Å²) in [6.07, 6.45) is 3.88. The summed E-state index contributed by atoms with van der Waals surface area (Å²) < 4.78 is 0. The fourth-order valence-electron chi connectivity index (χ4n) is 3.47. The van der Waals surface area contributed by atoms with Crippen molar-refractivity contribution in [1.82, 2.24) is 20.4 Å². The average Bonchev–Trinajstić information content (AvgIpc) is 2.96. The van der Waals surface area contributed by atoms with Gasteiger partial charge in [0.15, 0.2) is 5.96 Å². The molecule has 0 spiro atoms. The normalized spacial score (nSPS) is 30.6. The van der Waals surface area contributed by atoms with E-state index in [0.717, 1.165) is 43.9 Å². The summed E-state index contributed by atoms with van der Waals surface area (Å²) in [5.41, 5.74) is 0. The molecule has 3 atom stereocenters. The topological polar surface area (TPSA) is 42.9 Å². The van der Waals surface area contributed by atoms with Gasteiger partial charge in [0.25, 0.3) is 0 Å². The van der Waals surface area contributed by atoms with E-state index in [0.29, 0.717) is 12.1 Å². The maximum Gasteiger partial charge on any atom is 0.191 e. The van der Waals surface area contributed by atoms with Gasteiger partial charge in [0, 0.05) is 43.5 Å². The van der Waals surface area contributed by atoms with Gasteiger partial charge < -0.3 is 15.5 Å². The molecular formula is C17H35N5S. The van der Waals surface area contributed by atoms with Crippen LogP contribution in [0.15, 0.2) is 4.99 Å². The van der Waals surface area contributed by atoms with Crippen LogP contribution in [0.1, 0.15) is 33.1 Å². The Bertz CT molecular complexity index is 376. The summed E-state index contributed by atoms with van der Waals surface area (Å²) in [5.74, 6) is 2.23. The zero-order valence-electron chi connectivity index (χ0n) is 15.3. The largest absolute Gasteiger partial charge is 0.357 e. The molecule has 3 unspecified atom stereocenters. The first-order valence-corrected chi connectivity index (χ1v) is 10.2. The lowest BCUT2D eigenvalue weighted by Crippen LogP contribution is -2.52. The number of nitrogens with one attached hydrogen (secondary N) is 2. The highest BCUT2D eigenvalue weighted by molar-refractivity contribution is 7.99. The van der Waals surface area contributed by atoms with Crippen LogP contribution in [-0.2, 0) is 0 Å². The van der Waals surface area contributed by atoms with Crippen LogP contribution in [0.3, 0.4) is 0 Å². The monoisotopic (exact) mass is 341 g/mol. The summed E-state index contributed by atoms with van der Waals surface area (Å²) in [5, 5.41) is 7.92. The maximum atomic E-state index is 4.88. The number of hydrogen-bond donors (Lipinski definition) is 2. The molecule has 0 aromatic carbocycles. The lowest BCUT2D eigenvalue weighted by atomic mass is 10.2. The van der Waals surface area contributed by atoms with Crippen LogP contribution in [0.5, 0.6) is 0 Å². The van der Waals surface area contributed by atoms with Gasteiger partial charge in [-0.3, -0.25) is 9.89 Å². The van der Waals surface area contributed by atoms with E-state index in [9.17, 15) is 0 Å². The molecule has 5 nitrogen and oxygen atoms in total. The highest BCUT2D eigenvalue weighted by Crippen LogP contribution is 2.29. The van der Waals surface area contributed by atoms with Crippen molar-refractivity contribution in [2.45, 2.75) is 50.4 Å². The van der Waals surface area contributed by atoms with Crippen LogP contribution in [-0.4, -0.2) is 85.7 Å². The molecule has 2 rings (SSSR count). The molecule has 1 aliphatic heterocycles. The van der Waals surface area contributed by atoms with Gasteiger partial charge in [-0.2, -0.15) is 11.8 Å². The summed E-state index contributed by atoms with van der Waals surface area (Å²) in [4.78, 5) is 9.72. The predicted octanol–water partition coefficient (Wildman–Crippen LogP) is 1.46.